The summed E-state index contributed by atoms with van der Waals surface area (Å²) in [6.45, 7) is 7.30. The molecule has 202 valence electrons. The van der Waals surface area contributed by atoms with E-state index in [0.29, 0.717) is 9.61 Å². The van der Waals surface area contributed by atoms with Gasteiger partial charge in [0.25, 0.3) is 0 Å². The molecule has 1 unspecified atom stereocenters. The fraction of sp³-hybridized carbons (Fsp3) is 0.370. The maximum absolute atomic E-state index is 13.1. The minimum absolute atomic E-state index is 0.0875. The number of esters is 1. The molecule has 1 aromatic heterocycles. The van der Waals surface area contributed by atoms with Gasteiger partial charge in [-0.1, -0.05) is 48.5 Å². The van der Waals surface area contributed by atoms with Crippen LogP contribution in [0.5, 0.6) is 0 Å². The Morgan fingerprint density at radius 2 is 1.71 bits per heavy atom. The average Bonchev–Trinajstić information content (AvgIpc) is 3.45. The number of fused-ring (bicyclic) bond motifs is 3. The quantitative estimate of drug-likeness (QED) is 0.241. The summed E-state index contributed by atoms with van der Waals surface area (Å²) < 4.78 is 26.9. The molecule has 1 heterocycles. The summed E-state index contributed by atoms with van der Waals surface area (Å²) in [5, 5.41) is 4.87. The number of hydrogen-bond acceptors (Lipinski definition) is 8. The summed E-state index contributed by atoms with van der Waals surface area (Å²) in [4.78, 5) is 30.6. The average molecular weight is 621 g/mol. The normalized spacial score (nSPS) is 15.2. The molecule has 0 saturated heterocycles. The van der Waals surface area contributed by atoms with Gasteiger partial charge in [0.15, 0.2) is 6.04 Å². The van der Waals surface area contributed by atoms with E-state index < -0.39 is 40.3 Å². The summed E-state index contributed by atoms with van der Waals surface area (Å²) >= 11 is 3.03. The lowest BCUT2D eigenvalue weighted by Crippen LogP contribution is -2.53. The van der Waals surface area contributed by atoms with E-state index in [2.05, 4.69) is 43.1 Å². The van der Waals surface area contributed by atoms with Crippen molar-refractivity contribution >= 4 is 50.7 Å². The first-order valence-corrected chi connectivity index (χ1v) is 15.0. The minimum Gasteiger partial charge on any atom is -0.598 e. The number of carbonyl (C=O) groups excluding carboxylic acids is 2. The predicted molar refractivity (Wildman–Crippen MR) is 152 cm³/mol. The largest absolute Gasteiger partial charge is 0.598 e. The van der Waals surface area contributed by atoms with Crippen molar-refractivity contribution in [3.8, 4) is 11.1 Å². The van der Waals surface area contributed by atoms with Crippen LogP contribution in [0.15, 0.2) is 58.5 Å². The fourth-order valence-electron chi connectivity index (χ4n) is 4.24. The molecular formula is C27H30BrN3O5S2. The zero-order valence-corrected chi connectivity index (χ0v) is 24.7. The lowest BCUT2D eigenvalue weighted by Gasteiger charge is -2.30. The van der Waals surface area contributed by atoms with E-state index in [-0.39, 0.29) is 19.1 Å². The Kier molecular flexibility index (Phi) is 9.15. The summed E-state index contributed by atoms with van der Waals surface area (Å²) in [6, 6.07) is 13.9. The van der Waals surface area contributed by atoms with Gasteiger partial charge in [-0.05, 0) is 65.9 Å². The van der Waals surface area contributed by atoms with Crippen LogP contribution in [-0.4, -0.2) is 45.6 Å². The number of benzene rings is 2. The molecule has 4 rings (SSSR count). The van der Waals surface area contributed by atoms with Gasteiger partial charge in [-0.3, -0.25) is 0 Å². The van der Waals surface area contributed by atoms with Crippen molar-refractivity contribution in [2.75, 3.05) is 13.2 Å². The number of carbonyl (C=O) groups is 2. The number of hydrogen-bond donors (Lipinski definition) is 2. The third-order valence-electron chi connectivity index (χ3n) is 6.04. The van der Waals surface area contributed by atoms with Crippen molar-refractivity contribution in [1.82, 2.24) is 15.0 Å². The molecule has 0 aliphatic heterocycles. The van der Waals surface area contributed by atoms with Crippen LogP contribution in [0.4, 0.5) is 4.79 Å². The first-order chi connectivity index (χ1) is 18.1. The third-order valence-corrected chi connectivity index (χ3v) is 9.26. The Bertz CT molecular complexity index is 1250. The summed E-state index contributed by atoms with van der Waals surface area (Å²) in [6.07, 6.45) is -0.783. The number of halogens is 1. The Hall–Kier alpha value is -2.44. The molecule has 1 amide bonds. The van der Waals surface area contributed by atoms with Gasteiger partial charge < -0.3 is 19.3 Å². The topological polar surface area (TPSA) is 113 Å². The van der Waals surface area contributed by atoms with E-state index in [0.717, 1.165) is 22.3 Å². The van der Waals surface area contributed by atoms with E-state index in [4.69, 9.17) is 9.47 Å². The maximum atomic E-state index is 13.1. The van der Waals surface area contributed by atoms with E-state index in [9.17, 15) is 14.1 Å². The first kappa shape index (κ1) is 28.6. The number of nitrogens with zero attached hydrogens (tertiary/aromatic N) is 1. The van der Waals surface area contributed by atoms with Crippen molar-refractivity contribution in [2.24, 2.45) is 0 Å². The molecule has 3 aromatic rings. The van der Waals surface area contributed by atoms with Crippen molar-refractivity contribution in [2.45, 2.75) is 50.4 Å². The molecule has 3 atom stereocenters. The van der Waals surface area contributed by atoms with Crippen LogP contribution in [0.1, 0.15) is 55.8 Å². The fourth-order valence-corrected chi connectivity index (χ4v) is 6.50. The Morgan fingerprint density at radius 1 is 1.11 bits per heavy atom. The number of amides is 1. The van der Waals surface area contributed by atoms with E-state index in [1.807, 2.05) is 57.2 Å². The van der Waals surface area contributed by atoms with Crippen LogP contribution < -0.4 is 10.0 Å². The number of thiazole rings is 1. The van der Waals surface area contributed by atoms with Crippen LogP contribution in [0.3, 0.4) is 0 Å². The van der Waals surface area contributed by atoms with Gasteiger partial charge in [-0.25, -0.2) is 14.6 Å². The van der Waals surface area contributed by atoms with Crippen molar-refractivity contribution in [1.29, 1.82) is 0 Å². The van der Waals surface area contributed by atoms with Gasteiger partial charge >= 0.3 is 12.1 Å². The van der Waals surface area contributed by atoms with Gasteiger partial charge in [0.1, 0.15) is 27.0 Å². The number of ether oxygens (including phenoxy) is 2. The molecule has 1 aliphatic carbocycles. The molecule has 0 radical (unpaired) electrons. The lowest BCUT2D eigenvalue weighted by molar-refractivity contribution is -0.146. The summed E-state index contributed by atoms with van der Waals surface area (Å²) in [7, 11) is 0. The van der Waals surface area contributed by atoms with Crippen LogP contribution in [-0.2, 0) is 25.6 Å². The van der Waals surface area contributed by atoms with Crippen molar-refractivity contribution in [3.63, 3.8) is 0 Å². The second-order valence-corrected chi connectivity index (χ2v) is 13.4. The molecule has 2 N–H and O–H groups in total. The van der Waals surface area contributed by atoms with Gasteiger partial charge in [0.2, 0.25) is 0 Å². The molecule has 0 spiro atoms. The summed E-state index contributed by atoms with van der Waals surface area (Å²) in [5.41, 5.74) is 4.39. The molecule has 8 nitrogen and oxygen atoms in total. The number of aromatic nitrogens is 1. The Labute approximate surface area is 238 Å². The van der Waals surface area contributed by atoms with Gasteiger partial charge in [-0.15, -0.1) is 16.1 Å². The number of nitrogens with one attached hydrogen (secondary N) is 2. The molecule has 0 fully saturated rings. The van der Waals surface area contributed by atoms with Crippen LogP contribution >= 0.6 is 27.3 Å². The van der Waals surface area contributed by atoms with Gasteiger partial charge in [-0.2, -0.15) is 0 Å². The minimum atomic E-state index is -1.57. The second kappa shape index (κ2) is 12.2. The van der Waals surface area contributed by atoms with Crippen LogP contribution in [0, 0.1) is 0 Å². The smallest absolute Gasteiger partial charge is 0.407 e. The number of alkyl carbamates (subject to hydrolysis) is 1. The molecule has 2 aromatic carbocycles. The van der Waals surface area contributed by atoms with Crippen LogP contribution in [0.25, 0.3) is 11.1 Å². The van der Waals surface area contributed by atoms with E-state index >= 15 is 0 Å². The second-order valence-electron chi connectivity index (χ2n) is 9.68. The monoisotopic (exact) mass is 619 g/mol. The molecule has 11 heteroatoms. The standard InChI is InChI=1S/C27H30BrN3O5S2/c1-5-35-25(32)23(22(24-29-21(28)15-37-24)31-38(34)27(2,3)4)30-26(33)36-14-20-18-12-8-6-10-16(18)17-11-7-9-13-19(17)20/h6-13,15,20,22-23,31H,5,14H2,1-4H3,(H,30,33)/t22-,23-,38?/m0/s1. The highest BCUT2D eigenvalue weighted by Crippen LogP contribution is 2.44. The molecule has 0 saturated carbocycles. The molecule has 0 bridgehead atoms. The SMILES string of the molecule is CCOC(=O)[C@@H](NC(=O)OCC1c2ccccc2-c2ccccc21)[C@H](N[S+]([O-])C(C)(C)C)c1nc(Br)cs1. The highest BCUT2D eigenvalue weighted by Gasteiger charge is 2.41. The molecule has 1 aliphatic rings. The van der Waals surface area contributed by atoms with Crippen molar-refractivity contribution < 1.29 is 23.6 Å². The molecule has 38 heavy (non-hydrogen) atoms. The Morgan fingerprint density at radius 3 is 2.24 bits per heavy atom. The van der Waals surface area contributed by atoms with Gasteiger partial charge in [0.05, 0.1) is 6.61 Å². The third kappa shape index (κ3) is 6.40. The maximum Gasteiger partial charge on any atom is 0.407 e. The molecular weight excluding hydrogens is 590 g/mol. The number of rotatable bonds is 9. The zero-order valence-electron chi connectivity index (χ0n) is 21.5. The van der Waals surface area contributed by atoms with Crippen LogP contribution in [0.2, 0.25) is 0 Å². The lowest BCUT2D eigenvalue weighted by atomic mass is 9.98. The van der Waals surface area contributed by atoms with E-state index in [1.165, 1.54) is 11.3 Å². The Balaban J connectivity index is 1.55. The van der Waals surface area contributed by atoms with Gasteiger partial charge in [0, 0.05) is 22.7 Å². The summed E-state index contributed by atoms with van der Waals surface area (Å²) in [5.74, 6) is -0.817. The van der Waals surface area contributed by atoms with Crippen molar-refractivity contribution in [3.05, 3.63) is 74.6 Å². The van der Waals surface area contributed by atoms with E-state index in [1.54, 1.807) is 12.3 Å². The first-order valence-electron chi connectivity index (χ1n) is 12.2. The highest BCUT2D eigenvalue weighted by atomic mass is 79.9. The predicted octanol–water partition coefficient (Wildman–Crippen LogP) is 5.47. The zero-order chi connectivity index (χ0) is 27.4. The highest BCUT2D eigenvalue weighted by molar-refractivity contribution is 9.10.